The lowest BCUT2D eigenvalue weighted by atomic mass is 9.87. The van der Waals surface area contributed by atoms with E-state index in [0.717, 1.165) is 61.6 Å². The van der Waals surface area contributed by atoms with Crippen molar-refractivity contribution < 1.29 is 19.1 Å². The standard InChI is InChI=1S/C28H43N3O4S/c1-18-14-19(2)16-20(15-18)24(25(32)29-21-10-7-6-8-11-21)31(22-12-9-13-22)26(33)23(17-36)30-27(34)35-28(3,4)5/h14-16,21-24,36H,6-13,17H2,1-5H3,(H,29,32)(H,30,34). The minimum absolute atomic E-state index is 0.0664. The monoisotopic (exact) mass is 517 g/mol. The molecule has 0 saturated heterocycles. The molecular weight excluding hydrogens is 474 g/mol. The molecule has 1 aromatic carbocycles. The van der Waals surface area contributed by atoms with Crippen LogP contribution in [0.25, 0.3) is 0 Å². The number of ether oxygens (including phenoxy) is 1. The lowest BCUT2D eigenvalue weighted by molar-refractivity contribution is -0.147. The fourth-order valence-corrected chi connectivity index (χ4v) is 5.38. The van der Waals surface area contributed by atoms with Crippen LogP contribution in [-0.2, 0) is 14.3 Å². The van der Waals surface area contributed by atoms with Crippen LogP contribution in [0.2, 0.25) is 0 Å². The second-order valence-corrected chi connectivity index (χ2v) is 11.7. The first-order valence-corrected chi connectivity index (χ1v) is 13.9. The Bertz CT molecular complexity index is 915. The molecule has 0 heterocycles. The van der Waals surface area contributed by atoms with E-state index >= 15 is 0 Å². The number of carbonyl (C=O) groups is 3. The van der Waals surface area contributed by atoms with Crippen molar-refractivity contribution >= 4 is 30.5 Å². The highest BCUT2D eigenvalue weighted by Gasteiger charge is 2.42. The Morgan fingerprint density at radius 3 is 2.11 bits per heavy atom. The number of aryl methyl sites for hydroxylation is 2. The van der Waals surface area contributed by atoms with Crippen molar-refractivity contribution in [3.8, 4) is 0 Å². The van der Waals surface area contributed by atoms with Crippen LogP contribution >= 0.6 is 12.6 Å². The summed E-state index contributed by atoms with van der Waals surface area (Å²) in [6, 6.07) is 4.44. The second kappa shape index (κ2) is 12.3. The molecule has 2 atom stereocenters. The molecule has 7 nitrogen and oxygen atoms in total. The summed E-state index contributed by atoms with van der Waals surface area (Å²) in [5.41, 5.74) is 2.19. The average molecular weight is 518 g/mol. The summed E-state index contributed by atoms with van der Waals surface area (Å²) in [6.45, 7) is 9.33. The lowest BCUT2D eigenvalue weighted by Crippen LogP contribution is -2.58. The fourth-order valence-electron chi connectivity index (χ4n) is 5.13. The summed E-state index contributed by atoms with van der Waals surface area (Å²) in [4.78, 5) is 42.2. The number of carbonyl (C=O) groups excluding carboxylic acids is 3. The molecule has 200 valence electrons. The smallest absolute Gasteiger partial charge is 0.408 e. The van der Waals surface area contributed by atoms with Crippen LogP contribution in [0.1, 0.15) is 94.9 Å². The normalized spacial score (nSPS) is 18.5. The minimum atomic E-state index is -0.903. The molecule has 2 aliphatic rings. The fraction of sp³-hybridized carbons (Fsp3) is 0.679. The van der Waals surface area contributed by atoms with Gasteiger partial charge >= 0.3 is 6.09 Å². The third-order valence-electron chi connectivity index (χ3n) is 6.93. The van der Waals surface area contributed by atoms with Crippen molar-refractivity contribution in [1.29, 1.82) is 0 Å². The quantitative estimate of drug-likeness (QED) is 0.424. The molecule has 0 spiro atoms. The molecule has 36 heavy (non-hydrogen) atoms. The molecule has 8 heteroatoms. The van der Waals surface area contributed by atoms with Crippen molar-refractivity contribution in [3.05, 3.63) is 34.9 Å². The van der Waals surface area contributed by atoms with E-state index in [4.69, 9.17) is 4.74 Å². The molecule has 2 saturated carbocycles. The maximum atomic E-state index is 14.0. The Balaban J connectivity index is 1.95. The summed E-state index contributed by atoms with van der Waals surface area (Å²) < 4.78 is 5.39. The van der Waals surface area contributed by atoms with Gasteiger partial charge in [-0.15, -0.1) is 0 Å². The van der Waals surface area contributed by atoms with E-state index in [1.807, 2.05) is 26.0 Å². The molecule has 2 N–H and O–H groups in total. The number of benzene rings is 1. The largest absolute Gasteiger partial charge is 0.444 e. The maximum Gasteiger partial charge on any atom is 0.408 e. The molecule has 2 unspecified atom stereocenters. The first kappa shape index (κ1) is 28.4. The van der Waals surface area contributed by atoms with E-state index in [1.54, 1.807) is 25.7 Å². The topological polar surface area (TPSA) is 87.7 Å². The number of nitrogens with zero attached hydrogens (tertiary/aromatic N) is 1. The zero-order valence-corrected chi connectivity index (χ0v) is 23.3. The molecule has 2 aliphatic carbocycles. The number of alkyl carbamates (subject to hydrolysis) is 1. The van der Waals surface area contributed by atoms with Crippen molar-refractivity contribution in [2.24, 2.45) is 0 Å². The summed E-state index contributed by atoms with van der Waals surface area (Å²) in [6.07, 6.45) is 7.31. The zero-order valence-electron chi connectivity index (χ0n) is 22.4. The third-order valence-corrected chi connectivity index (χ3v) is 7.30. The highest BCUT2D eigenvalue weighted by Crippen LogP contribution is 2.35. The van der Waals surface area contributed by atoms with Crippen molar-refractivity contribution in [2.45, 2.75) is 116 Å². The van der Waals surface area contributed by atoms with E-state index < -0.39 is 23.8 Å². The predicted molar refractivity (Wildman–Crippen MR) is 145 cm³/mol. The first-order chi connectivity index (χ1) is 17.0. The average Bonchev–Trinajstić information content (AvgIpc) is 2.74. The van der Waals surface area contributed by atoms with Crippen molar-refractivity contribution in [2.75, 3.05) is 5.75 Å². The molecule has 3 rings (SSSR count). The van der Waals surface area contributed by atoms with Crippen molar-refractivity contribution in [1.82, 2.24) is 15.5 Å². The summed E-state index contributed by atoms with van der Waals surface area (Å²) in [5, 5.41) is 5.96. The second-order valence-electron chi connectivity index (χ2n) is 11.4. The van der Waals surface area contributed by atoms with E-state index in [0.29, 0.717) is 0 Å². The van der Waals surface area contributed by atoms with E-state index in [-0.39, 0.29) is 29.7 Å². The maximum absolute atomic E-state index is 14.0. The Morgan fingerprint density at radius 2 is 1.61 bits per heavy atom. The van der Waals surface area contributed by atoms with Gasteiger partial charge in [-0.3, -0.25) is 9.59 Å². The predicted octanol–water partition coefficient (Wildman–Crippen LogP) is 5.00. The van der Waals surface area contributed by atoms with Gasteiger partial charge in [0, 0.05) is 17.8 Å². The number of thiol groups is 1. The van der Waals surface area contributed by atoms with Crippen LogP contribution in [0.5, 0.6) is 0 Å². The van der Waals surface area contributed by atoms with Gasteiger partial charge in [0.15, 0.2) is 0 Å². The van der Waals surface area contributed by atoms with Crippen LogP contribution in [0.3, 0.4) is 0 Å². The molecule has 0 aliphatic heterocycles. The Kier molecular flexibility index (Phi) is 9.72. The molecule has 3 amide bonds. The molecular formula is C28H43N3O4S. The van der Waals surface area contributed by atoms with Crippen LogP contribution < -0.4 is 10.6 Å². The Morgan fingerprint density at radius 1 is 1.00 bits per heavy atom. The lowest BCUT2D eigenvalue weighted by Gasteiger charge is -2.44. The van der Waals surface area contributed by atoms with Gasteiger partial charge in [0.25, 0.3) is 0 Å². The SMILES string of the molecule is Cc1cc(C)cc(C(C(=O)NC2CCCCC2)N(C(=O)C(CS)NC(=O)OC(C)(C)C)C2CCC2)c1. The van der Waals surface area contributed by atoms with Gasteiger partial charge in [-0.05, 0) is 72.3 Å². The highest BCUT2D eigenvalue weighted by molar-refractivity contribution is 7.80. The van der Waals surface area contributed by atoms with Crippen LogP contribution in [0.4, 0.5) is 4.79 Å². The molecule has 0 radical (unpaired) electrons. The van der Waals surface area contributed by atoms with Gasteiger partial charge in [0.05, 0.1) is 0 Å². The molecule has 0 aromatic heterocycles. The summed E-state index contributed by atoms with van der Waals surface area (Å²) in [7, 11) is 0. The third kappa shape index (κ3) is 7.64. The summed E-state index contributed by atoms with van der Waals surface area (Å²) >= 11 is 4.38. The van der Waals surface area contributed by atoms with Crippen molar-refractivity contribution in [3.63, 3.8) is 0 Å². The molecule has 2 fully saturated rings. The Labute approximate surface area is 221 Å². The van der Waals surface area contributed by atoms with E-state index in [2.05, 4.69) is 29.3 Å². The van der Waals surface area contributed by atoms with Gasteiger partial charge < -0.3 is 20.3 Å². The minimum Gasteiger partial charge on any atom is -0.444 e. The van der Waals surface area contributed by atoms with Gasteiger partial charge in [-0.25, -0.2) is 4.79 Å². The number of hydrogen-bond donors (Lipinski definition) is 3. The van der Waals surface area contributed by atoms with Gasteiger partial charge in [0.1, 0.15) is 17.7 Å². The first-order valence-electron chi connectivity index (χ1n) is 13.3. The number of rotatable bonds is 8. The highest BCUT2D eigenvalue weighted by atomic mass is 32.1. The zero-order chi connectivity index (χ0) is 26.5. The number of hydrogen-bond acceptors (Lipinski definition) is 5. The number of nitrogens with one attached hydrogen (secondary N) is 2. The van der Waals surface area contributed by atoms with Crippen LogP contribution in [0, 0.1) is 13.8 Å². The number of amides is 3. The van der Waals surface area contributed by atoms with Crippen LogP contribution in [-0.4, -0.2) is 52.3 Å². The van der Waals surface area contributed by atoms with Gasteiger partial charge in [0.2, 0.25) is 11.8 Å². The van der Waals surface area contributed by atoms with E-state index in [9.17, 15) is 14.4 Å². The van der Waals surface area contributed by atoms with Gasteiger partial charge in [-0.2, -0.15) is 12.6 Å². The molecule has 1 aromatic rings. The van der Waals surface area contributed by atoms with Gasteiger partial charge in [-0.1, -0.05) is 48.6 Å². The van der Waals surface area contributed by atoms with Crippen LogP contribution in [0.15, 0.2) is 18.2 Å². The molecule has 0 bridgehead atoms. The Hall–Kier alpha value is -2.22. The summed E-state index contributed by atoms with van der Waals surface area (Å²) in [5.74, 6) is -0.351. The van der Waals surface area contributed by atoms with E-state index in [1.165, 1.54) is 6.42 Å².